The Balaban J connectivity index is 2.58. The molecular weight excluding hydrogens is 290 g/mol. The first-order valence-corrected chi connectivity index (χ1v) is 7.57. The third kappa shape index (κ3) is 5.14. The molecule has 0 saturated carbocycles. The zero-order valence-corrected chi connectivity index (χ0v) is 12.3. The number of rotatable bonds is 6. The molecule has 0 saturated heterocycles. The topological polar surface area (TPSA) is 88.2 Å². The Kier molecular flexibility index (Phi) is 5.71. The normalized spacial score (nSPS) is 11.6. The van der Waals surface area contributed by atoms with Gasteiger partial charge in [0.1, 0.15) is 4.90 Å². The second kappa shape index (κ2) is 6.83. The molecule has 1 aromatic rings. The fourth-order valence-electron chi connectivity index (χ4n) is 1.33. The largest absolute Gasteiger partial charge is 0.354 e. The minimum atomic E-state index is -3.74. The van der Waals surface area contributed by atoms with E-state index in [-0.39, 0.29) is 34.8 Å². The van der Waals surface area contributed by atoms with E-state index in [0.717, 1.165) is 0 Å². The summed E-state index contributed by atoms with van der Waals surface area (Å²) in [5.41, 5.74) is 0. The molecule has 0 fully saturated rings. The van der Waals surface area contributed by atoms with Gasteiger partial charge in [0.25, 0.3) is 0 Å². The highest BCUT2D eigenvalue weighted by Crippen LogP contribution is 2.18. The zero-order chi connectivity index (χ0) is 14.5. The standard InChI is InChI=1S/C11H16ClN3O3S/c1-8(2)15-11(16)4-6-14-19(17,18)10-7-13-5-3-9(10)12/h3,5,7-8,14H,4,6H2,1-2H3,(H,15,16). The van der Waals surface area contributed by atoms with Gasteiger partial charge in [-0.2, -0.15) is 0 Å². The maximum absolute atomic E-state index is 11.9. The van der Waals surface area contributed by atoms with E-state index in [2.05, 4.69) is 15.0 Å². The van der Waals surface area contributed by atoms with E-state index >= 15 is 0 Å². The molecule has 1 heterocycles. The molecule has 0 spiro atoms. The number of hydrogen-bond donors (Lipinski definition) is 2. The molecule has 19 heavy (non-hydrogen) atoms. The van der Waals surface area contributed by atoms with E-state index in [1.807, 2.05) is 13.8 Å². The summed E-state index contributed by atoms with van der Waals surface area (Å²) in [6.07, 6.45) is 2.63. The first-order valence-electron chi connectivity index (χ1n) is 5.71. The van der Waals surface area contributed by atoms with Crippen molar-refractivity contribution in [3.63, 3.8) is 0 Å². The van der Waals surface area contributed by atoms with E-state index in [1.165, 1.54) is 18.5 Å². The number of nitrogens with one attached hydrogen (secondary N) is 2. The highest BCUT2D eigenvalue weighted by atomic mass is 35.5. The summed E-state index contributed by atoms with van der Waals surface area (Å²) in [5.74, 6) is -0.213. The predicted molar refractivity (Wildman–Crippen MR) is 72.3 cm³/mol. The van der Waals surface area contributed by atoms with Crippen molar-refractivity contribution in [1.82, 2.24) is 15.0 Å². The van der Waals surface area contributed by atoms with Gasteiger partial charge in [-0.15, -0.1) is 0 Å². The summed E-state index contributed by atoms with van der Waals surface area (Å²) >= 11 is 5.78. The molecule has 0 aromatic carbocycles. The van der Waals surface area contributed by atoms with Crippen LogP contribution in [0.2, 0.25) is 5.02 Å². The van der Waals surface area contributed by atoms with E-state index in [0.29, 0.717) is 0 Å². The molecule has 106 valence electrons. The van der Waals surface area contributed by atoms with Crippen LogP contribution in [0.3, 0.4) is 0 Å². The third-order valence-corrected chi connectivity index (χ3v) is 4.05. The number of sulfonamides is 1. The van der Waals surface area contributed by atoms with Crippen LogP contribution in [0, 0.1) is 0 Å². The number of carbonyl (C=O) groups excluding carboxylic acids is 1. The number of pyridine rings is 1. The lowest BCUT2D eigenvalue weighted by Gasteiger charge is -2.09. The van der Waals surface area contributed by atoms with E-state index in [4.69, 9.17) is 11.6 Å². The molecule has 0 aliphatic carbocycles. The molecule has 1 rings (SSSR count). The quantitative estimate of drug-likeness (QED) is 0.818. The first-order chi connectivity index (χ1) is 8.83. The maximum Gasteiger partial charge on any atom is 0.243 e. The van der Waals surface area contributed by atoms with Crippen LogP contribution in [-0.4, -0.2) is 31.9 Å². The second-order valence-electron chi connectivity index (χ2n) is 4.18. The van der Waals surface area contributed by atoms with Gasteiger partial charge in [0, 0.05) is 31.4 Å². The van der Waals surface area contributed by atoms with Gasteiger partial charge in [-0.3, -0.25) is 9.78 Å². The molecule has 2 N–H and O–H groups in total. The molecular formula is C11H16ClN3O3S. The van der Waals surface area contributed by atoms with Gasteiger partial charge >= 0.3 is 0 Å². The molecule has 0 atom stereocenters. The lowest BCUT2D eigenvalue weighted by molar-refractivity contribution is -0.121. The molecule has 1 amide bonds. The van der Waals surface area contributed by atoms with Crippen molar-refractivity contribution >= 4 is 27.5 Å². The van der Waals surface area contributed by atoms with Crippen molar-refractivity contribution in [3.8, 4) is 0 Å². The smallest absolute Gasteiger partial charge is 0.243 e. The summed E-state index contributed by atoms with van der Waals surface area (Å²) in [6.45, 7) is 3.67. The van der Waals surface area contributed by atoms with E-state index < -0.39 is 10.0 Å². The van der Waals surface area contributed by atoms with Crippen LogP contribution < -0.4 is 10.0 Å². The third-order valence-electron chi connectivity index (χ3n) is 2.12. The fraction of sp³-hybridized carbons (Fsp3) is 0.455. The Bertz CT molecular complexity index is 546. The summed E-state index contributed by atoms with van der Waals surface area (Å²) in [7, 11) is -3.74. The summed E-state index contributed by atoms with van der Waals surface area (Å²) in [5, 5.41) is 2.76. The van der Waals surface area contributed by atoms with Crippen molar-refractivity contribution in [3.05, 3.63) is 23.5 Å². The van der Waals surface area contributed by atoms with Crippen molar-refractivity contribution < 1.29 is 13.2 Å². The molecule has 6 nitrogen and oxygen atoms in total. The average molecular weight is 306 g/mol. The van der Waals surface area contributed by atoms with Crippen LogP contribution in [0.1, 0.15) is 20.3 Å². The van der Waals surface area contributed by atoms with Gasteiger partial charge in [0.15, 0.2) is 0 Å². The van der Waals surface area contributed by atoms with Gasteiger partial charge in [0.2, 0.25) is 15.9 Å². The molecule has 0 aliphatic heterocycles. The lowest BCUT2D eigenvalue weighted by Crippen LogP contribution is -2.34. The molecule has 1 aromatic heterocycles. The minimum absolute atomic E-state index is 0.00606. The highest BCUT2D eigenvalue weighted by Gasteiger charge is 2.17. The number of hydrogen-bond acceptors (Lipinski definition) is 4. The number of aromatic nitrogens is 1. The van der Waals surface area contributed by atoms with Gasteiger partial charge in [-0.1, -0.05) is 11.6 Å². The van der Waals surface area contributed by atoms with Crippen molar-refractivity contribution in [2.75, 3.05) is 6.54 Å². The predicted octanol–water partition coefficient (Wildman–Crippen LogP) is 0.928. The summed E-state index contributed by atoms with van der Waals surface area (Å²) in [4.78, 5) is 15.0. The van der Waals surface area contributed by atoms with Crippen LogP contribution in [0.15, 0.2) is 23.4 Å². The van der Waals surface area contributed by atoms with Crippen LogP contribution in [-0.2, 0) is 14.8 Å². The first kappa shape index (κ1) is 15.9. The highest BCUT2D eigenvalue weighted by molar-refractivity contribution is 7.89. The number of halogens is 1. The van der Waals surface area contributed by atoms with Crippen molar-refractivity contribution in [2.24, 2.45) is 0 Å². The monoisotopic (exact) mass is 305 g/mol. The van der Waals surface area contributed by atoms with E-state index in [1.54, 1.807) is 0 Å². The second-order valence-corrected chi connectivity index (χ2v) is 6.32. The van der Waals surface area contributed by atoms with Crippen LogP contribution >= 0.6 is 11.6 Å². The number of nitrogens with zero attached hydrogens (tertiary/aromatic N) is 1. The SMILES string of the molecule is CC(C)NC(=O)CCNS(=O)(=O)c1cnccc1Cl. The Morgan fingerprint density at radius 3 is 2.74 bits per heavy atom. The maximum atomic E-state index is 11.9. The van der Waals surface area contributed by atoms with Gasteiger partial charge in [0.05, 0.1) is 5.02 Å². The molecule has 8 heteroatoms. The lowest BCUT2D eigenvalue weighted by atomic mass is 10.3. The minimum Gasteiger partial charge on any atom is -0.354 e. The van der Waals surface area contributed by atoms with Gasteiger partial charge in [-0.05, 0) is 19.9 Å². The summed E-state index contributed by atoms with van der Waals surface area (Å²) in [6, 6.07) is 1.42. The number of carbonyl (C=O) groups is 1. The molecule has 0 radical (unpaired) electrons. The van der Waals surface area contributed by atoms with Gasteiger partial charge < -0.3 is 5.32 Å². The van der Waals surface area contributed by atoms with Crippen molar-refractivity contribution in [2.45, 2.75) is 31.2 Å². The van der Waals surface area contributed by atoms with Crippen LogP contribution in [0.5, 0.6) is 0 Å². The summed E-state index contributed by atoms with van der Waals surface area (Å²) < 4.78 is 26.1. The molecule has 0 unspecified atom stereocenters. The van der Waals surface area contributed by atoms with Crippen LogP contribution in [0.4, 0.5) is 0 Å². The van der Waals surface area contributed by atoms with Crippen molar-refractivity contribution in [1.29, 1.82) is 0 Å². The Morgan fingerprint density at radius 1 is 1.47 bits per heavy atom. The molecule has 0 bridgehead atoms. The Hall–Kier alpha value is -1.18. The number of amides is 1. The molecule has 0 aliphatic rings. The van der Waals surface area contributed by atoms with E-state index in [9.17, 15) is 13.2 Å². The fourth-order valence-corrected chi connectivity index (χ4v) is 2.79. The van der Waals surface area contributed by atoms with Crippen LogP contribution in [0.25, 0.3) is 0 Å². The Labute approximate surface area is 117 Å². The van der Waals surface area contributed by atoms with Gasteiger partial charge in [-0.25, -0.2) is 13.1 Å². The zero-order valence-electron chi connectivity index (χ0n) is 10.7. The Morgan fingerprint density at radius 2 is 2.16 bits per heavy atom. The average Bonchev–Trinajstić information content (AvgIpc) is 2.27.